The predicted molar refractivity (Wildman–Crippen MR) is 89.2 cm³/mol. The van der Waals surface area contributed by atoms with E-state index >= 15 is 0 Å². The molecule has 1 atom stereocenters. The number of carbonyl (C=O) groups is 2. The first kappa shape index (κ1) is 18.0. The van der Waals surface area contributed by atoms with Crippen molar-refractivity contribution in [1.82, 2.24) is 15.1 Å². The lowest BCUT2D eigenvalue weighted by Gasteiger charge is -2.21. The van der Waals surface area contributed by atoms with Crippen molar-refractivity contribution < 1.29 is 23.1 Å². The molecule has 0 spiro atoms. The summed E-state index contributed by atoms with van der Waals surface area (Å²) in [5.74, 6) is -0.431. The van der Waals surface area contributed by atoms with Crippen molar-refractivity contribution in [3.05, 3.63) is 36.0 Å². The van der Waals surface area contributed by atoms with E-state index in [0.29, 0.717) is 25.3 Å². The van der Waals surface area contributed by atoms with E-state index in [0.717, 1.165) is 6.42 Å². The van der Waals surface area contributed by atoms with Crippen LogP contribution in [0.4, 0.5) is 4.39 Å². The Morgan fingerprint density at radius 2 is 2.12 bits per heavy atom. The number of rotatable bonds is 6. The molecule has 0 aliphatic carbocycles. The van der Waals surface area contributed by atoms with Crippen LogP contribution in [0.5, 0.6) is 0 Å². The SMILES string of the molecule is COC(=O)CCCC(=O)N1CCCC1c1nnc(-c2ccccc2F)o1. The summed E-state index contributed by atoms with van der Waals surface area (Å²) in [7, 11) is 1.32. The molecule has 8 heteroatoms. The summed E-state index contributed by atoms with van der Waals surface area (Å²) < 4.78 is 24.1. The number of aromatic nitrogens is 2. The fraction of sp³-hybridized carbons (Fsp3) is 0.444. The third-order valence-electron chi connectivity index (χ3n) is 4.40. The Morgan fingerprint density at radius 3 is 2.88 bits per heavy atom. The van der Waals surface area contributed by atoms with Crippen molar-refractivity contribution in [2.24, 2.45) is 0 Å². The van der Waals surface area contributed by atoms with Gasteiger partial charge in [0.05, 0.1) is 12.7 Å². The van der Waals surface area contributed by atoms with Crippen LogP contribution in [0.3, 0.4) is 0 Å². The number of esters is 1. The van der Waals surface area contributed by atoms with Crippen LogP contribution < -0.4 is 0 Å². The molecule has 1 aliphatic heterocycles. The van der Waals surface area contributed by atoms with E-state index in [1.54, 1.807) is 23.1 Å². The molecule has 1 fully saturated rings. The number of benzene rings is 1. The number of hydrogen-bond donors (Lipinski definition) is 0. The summed E-state index contributed by atoms with van der Waals surface area (Å²) in [6, 6.07) is 5.85. The van der Waals surface area contributed by atoms with Gasteiger partial charge in [0.15, 0.2) is 0 Å². The molecule has 2 aromatic rings. The lowest BCUT2D eigenvalue weighted by molar-refractivity contribution is -0.141. The van der Waals surface area contributed by atoms with Crippen LogP contribution in [0, 0.1) is 5.82 Å². The highest BCUT2D eigenvalue weighted by Gasteiger charge is 2.33. The highest BCUT2D eigenvalue weighted by Crippen LogP contribution is 2.33. The summed E-state index contributed by atoms with van der Waals surface area (Å²) >= 11 is 0. The van der Waals surface area contributed by atoms with E-state index in [9.17, 15) is 14.0 Å². The second-order valence-corrected chi connectivity index (χ2v) is 6.10. The number of hydrogen-bond acceptors (Lipinski definition) is 6. The van der Waals surface area contributed by atoms with Crippen molar-refractivity contribution in [3.63, 3.8) is 0 Å². The molecular formula is C18H20FN3O4. The molecule has 26 heavy (non-hydrogen) atoms. The van der Waals surface area contributed by atoms with Gasteiger partial charge in [0, 0.05) is 19.4 Å². The zero-order valence-electron chi connectivity index (χ0n) is 14.5. The standard InChI is InChI=1S/C18H20FN3O4/c1-25-16(24)10-4-9-15(23)22-11-5-8-14(22)18-21-20-17(26-18)12-6-2-3-7-13(12)19/h2-3,6-7,14H,4-5,8-11H2,1H3. The molecule has 138 valence electrons. The Balaban J connectivity index is 1.68. The maximum Gasteiger partial charge on any atom is 0.305 e. The summed E-state index contributed by atoms with van der Waals surface area (Å²) in [6.45, 7) is 0.596. The third-order valence-corrected chi connectivity index (χ3v) is 4.40. The molecule has 0 saturated carbocycles. The Morgan fingerprint density at radius 1 is 1.31 bits per heavy atom. The molecule has 2 heterocycles. The second-order valence-electron chi connectivity index (χ2n) is 6.10. The van der Waals surface area contributed by atoms with E-state index in [4.69, 9.17) is 4.42 Å². The average molecular weight is 361 g/mol. The molecule has 1 aromatic carbocycles. The number of nitrogens with zero attached hydrogens (tertiary/aromatic N) is 3. The molecule has 0 bridgehead atoms. The van der Waals surface area contributed by atoms with Crippen LogP contribution in [0.2, 0.25) is 0 Å². The van der Waals surface area contributed by atoms with Crippen molar-refractivity contribution in [3.8, 4) is 11.5 Å². The molecule has 1 saturated heterocycles. The first-order chi connectivity index (χ1) is 12.6. The van der Waals surface area contributed by atoms with Gasteiger partial charge in [-0.2, -0.15) is 0 Å². The number of likely N-dealkylation sites (tertiary alicyclic amines) is 1. The Kier molecular flexibility index (Phi) is 5.60. The largest absolute Gasteiger partial charge is 0.469 e. The van der Waals surface area contributed by atoms with Gasteiger partial charge in [-0.1, -0.05) is 12.1 Å². The minimum atomic E-state index is -0.440. The molecule has 1 amide bonds. The predicted octanol–water partition coefficient (Wildman–Crippen LogP) is 2.88. The van der Waals surface area contributed by atoms with Crippen LogP contribution in [0.25, 0.3) is 11.5 Å². The Labute approximate surface area is 150 Å². The maximum absolute atomic E-state index is 13.9. The van der Waals surface area contributed by atoms with Gasteiger partial charge in [-0.15, -0.1) is 10.2 Å². The number of halogens is 1. The van der Waals surface area contributed by atoms with Gasteiger partial charge < -0.3 is 14.1 Å². The maximum atomic E-state index is 13.9. The molecule has 1 aliphatic rings. The molecule has 1 aromatic heterocycles. The van der Waals surface area contributed by atoms with Crippen molar-refractivity contribution in [1.29, 1.82) is 0 Å². The van der Waals surface area contributed by atoms with Crippen molar-refractivity contribution in [2.75, 3.05) is 13.7 Å². The smallest absolute Gasteiger partial charge is 0.305 e. The van der Waals surface area contributed by atoms with Crippen LogP contribution in [0.15, 0.2) is 28.7 Å². The van der Waals surface area contributed by atoms with Crippen molar-refractivity contribution in [2.45, 2.75) is 38.1 Å². The summed E-state index contributed by atoms with van der Waals surface area (Å²) in [5.41, 5.74) is 0.236. The van der Waals surface area contributed by atoms with Crippen LogP contribution in [0.1, 0.15) is 44.0 Å². The van der Waals surface area contributed by atoms with Crippen LogP contribution >= 0.6 is 0 Å². The first-order valence-corrected chi connectivity index (χ1v) is 8.54. The van der Waals surface area contributed by atoms with Gasteiger partial charge in [-0.05, 0) is 31.4 Å². The minimum Gasteiger partial charge on any atom is -0.469 e. The zero-order chi connectivity index (χ0) is 18.5. The quantitative estimate of drug-likeness (QED) is 0.736. The van der Waals surface area contributed by atoms with E-state index in [-0.39, 0.29) is 42.2 Å². The van der Waals surface area contributed by atoms with Crippen molar-refractivity contribution >= 4 is 11.9 Å². The zero-order valence-corrected chi connectivity index (χ0v) is 14.5. The summed E-state index contributed by atoms with van der Waals surface area (Å²) in [6.07, 6.45) is 2.42. The third kappa shape index (κ3) is 3.89. The molecule has 3 rings (SSSR count). The van der Waals surface area contributed by atoms with Crippen LogP contribution in [-0.2, 0) is 14.3 Å². The molecule has 1 unspecified atom stereocenters. The summed E-state index contributed by atoms with van der Waals surface area (Å²) in [4.78, 5) is 25.3. The minimum absolute atomic E-state index is 0.0676. The molecular weight excluding hydrogens is 341 g/mol. The van der Waals surface area contributed by atoms with E-state index in [1.165, 1.54) is 13.2 Å². The lowest BCUT2D eigenvalue weighted by atomic mass is 10.2. The van der Waals surface area contributed by atoms with Gasteiger partial charge in [0.1, 0.15) is 11.9 Å². The van der Waals surface area contributed by atoms with E-state index in [2.05, 4.69) is 14.9 Å². The summed E-state index contributed by atoms with van der Waals surface area (Å²) in [5, 5.41) is 7.95. The van der Waals surface area contributed by atoms with Gasteiger partial charge in [0.2, 0.25) is 11.8 Å². The number of carbonyl (C=O) groups excluding carboxylic acids is 2. The molecule has 0 N–H and O–H groups in total. The highest BCUT2D eigenvalue weighted by atomic mass is 19.1. The monoisotopic (exact) mass is 361 g/mol. The van der Waals surface area contributed by atoms with Crippen LogP contribution in [-0.4, -0.2) is 40.6 Å². The van der Waals surface area contributed by atoms with E-state index in [1.807, 2.05) is 0 Å². The van der Waals surface area contributed by atoms with E-state index < -0.39 is 5.82 Å². The molecule has 7 nitrogen and oxygen atoms in total. The average Bonchev–Trinajstić information content (AvgIpc) is 3.31. The highest BCUT2D eigenvalue weighted by molar-refractivity contribution is 5.77. The normalized spacial score (nSPS) is 16.7. The number of methoxy groups -OCH3 is 1. The lowest BCUT2D eigenvalue weighted by Crippen LogP contribution is -2.30. The van der Waals surface area contributed by atoms with Gasteiger partial charge in [-0.25, -0.2) is 4.39 Å². The Hall–Kier alpha value is -2.77. The fourth-order valence-electron chi connectivity index (χ4n) is 3.06. The molecule has 0 radical (unpaired) electrons. The first-order valence-electron chi connectivity index (χ1n) is 8.54. The van der Waals surface area contributed by atoms with Gasteiger partial charge in [-0.3, -0.25) is 9.59 Å². The fourth-order valence-corrected chi connectivity index (χ4v) is 3.06. The van der Waals surface area contributed by atoms with Gasteiger partial charge in [0.25, 0.3) is 5.89 Å². The second kappa shape index (κ2) is 8.07. The Bertz CT molecular complexity index is 792. The number of ether oxygens (including phenoxy) is 1. The van der Waals surface area contributed by atoms with Gasteiger partial charge >= 0.3 is 5.97 Å². The number of amides is 1. The topological polar surface area (TPSA) is 85.5 Å².